The summed E-state index contributed by atoms with van der Waals surface area (Å²) in [4.78, 5) is 16.1. The Kier molecular flexibility index (Phi) is 4.92. The van der Waals surface area contributed by atoms with Crippen molar-refractivity contribution in [3.8, 4) is 17.2 Å². The van der Waals surface area contributed by atoms with Gasteiger partial charge >= 0.3 is 0 Å². The van der Waals surface area contributed by atoms with Crippen LogP contribution in [-0.4, -0.2) is 43.1 Å². The minimum Gasteiger partial charge on any atom is -0.493 e. The third-order valence-electron chi connectivity index (χ3n) is 3.85. The molecule has 0 fully saturated rings. The minimum atomic E-state index is -0.753. The number of carbonyl (C=O) groups is 1. The standard InChI is InChI=1S/C18H19N3O5/c1-11(22)21-18(26-17(20-21)12-6-5-7-19-10-12)13-8-14(23-2)16(25-4)15(9-13)24-3/h5-10,18H,1-4H3. The molecule has 1 unspecified atom stereocenters. The zero-order valence-corrected chi connectivity index (χ0v) is 14.9. The van der Waals surface area contributed by atoms with Crippen LogP contribution in [-0.2, 0) is 9.53 Å². The van der Waals surface area contributed by atoms with Crippen LogP contribution in [0.25, 0.3) is 0 Å². The predicted octanol–water partition coefficient (Wildman–Crippen LogP) is 2.35. The number of nitrogens with zero attached hydrogens (tertiary/aromatic N) is 3. The van der Waals surface area contributed by atoms with Gasteiger partial charge in [0.25, 0.3) is 0 Å². The molecule has 136 valence electrons. The van der Waals surface area contributed by atoms with Crippen LogP contribution in [0.5, 0.6) is 17.2 Å². The number of aromatic nitrogens is 1. The molecule has 1 atom stereocenters. The fourth-order valence-electron chi connectivity index (χ4n) is 2.63. The maximum absolute atomic E-state index is 12.1. The molecule has 1 aromatic carbocycles. The van der Waals surface area contributed by atoms with Gasteiger partial charge in [-0.2, -0.15) is 5.01 Å². The second-order valence-corrected chi connectivity index (χ2v) is 5.44. The molecule has 8 heteroatoms. The van der Waals surface area contributed by atoms with Crippen LogP contribution in [0.2, 0.25) is 0 Å². The average Bonchev–Trinajstić information content (AvgIpc) is 3.13. The maximum Gasteiger partial charge on any atom is 0.243 e. The molecule has 0 saturated carbocycles. The van der Waals surface area contributed by atoms with Crippen molar-refractivity contribution >= 4 is 11.8 Å². The Morgan fingerprint density at radius 3 is 2.35 bits per heavy atom. The third-order valence-corrected chi connectivity index (χ3v) is 3.85. The van der Waals surface area contributed by atoms with E-state index in [0.717, 1.165) is 0 Å². The van der Waals surface area contributed by atoms with Gasteiger partial charge in [-0.1, -0.05) is 0 Å². The van der Waals surface area contributed by atoms with Gasteiger partial charge in [0.1, 0.15) is 0 Å². The first-order valence-electron chi connectivity index (χ1n) is 7.84. The molecule has 1 aliphatic rings. The molecule has 26 heavy (non-hydrogen) atoms. The number of carbonyl (C=O) groups excluding carboxylic acids is 1. The Hall–Kier alpha value is -3.29. The summed E-state index contributed by atoms with van der Waals surface area (Å²) >= 11 is 0. The Morgan fingerprint density at radius 2 is 1.85 bits per heavy atom. The summed E-state index contributed by atoms with van der Waals surface area (Å²) in [7, 11) is 4.57. The molecule has 1 aliphatic heterocycles. The van der Waals surface area contributed by atoms with Gasteiger partial charge in [-0.3, -0.25) is 9.78 Å². The van der Waals surface area contributed by atoms with Gasteiger partial charge in [-0.25, -0.2) is 0 Å². The van der Waals surface area contributed by atoms with E-state index in [1.807, 2.05) is 6.07 Å². The van der Waals surface area contributed by atoms with Gasteiger partial charge in [0, 0.05) is 24.9 Å². The van der Waals surface area contributed by atoms with Crippen LogP contribution in [0, 0.1) is 0 Å². The predicted molar refractivity (Wildman–Crippen MR) is 93.2 cm³/mol. The van der Waals surface area contributed by atoms with Crippen LogP contribution in [0.15, 0.2) is 41.8 Å². The van der Waals surface area contributed by atoms with Crippen LogP contribution >= 0.6 is 0 Å². The number of hydrogen-bond acceptors (Lipinski definition) is 7. The lowest BCUT2D eigenvalue weighted by molar-refractivity contribution is -0.135. The lowest BCUT2D eigenvalue weighted by atomic mass is 10.1. The second kappa shape index (κ2) is 7.30. The largest absolute Gasteiger partial charge is 0.493 e. The van der Waals surface area contributed by atoms with E-state index in [1.165, 1.54) is 33.3 Å². The Bertz CT molecular complexity index is 813. The van der Waals surface area contributed by atoms with Crippen LogP contribution in [0.3, 0.4) is 0 Å². The lowest BCUT2D eigenvalue weighted by Crippen LogP contribution is -2.25. The van der Waals surface area contributed by atoms with Crippen molar-refractivity contribution in [2.24, 2.45) is 5.10 Å². The minimum absolute atomic E-state index is 0.261. The molecule has 0 radical (unpaired) electrons. The zero-order chi connectivity index (χ0) is 18.7. The van der Waals surface area contributed by atoms with Gasteiger partial charge in [-0.15, -0.1) is 5.10 Å². The number of amides is 1. The van der Waals surface area contributed by atoms with Gasteiger partial charge in [0.05, 0.1) is 26.9 Å². The topological polar surface area (TPSA) is 82.5 Å². The van der Waals surface area contributed by atoms with E-state index in [2.05, 4.69) is 10.1 Å². The fourth-order valence-corrected chi connectivity index (χ4v) is 2.63. The molecule has 3 rings (SSSR count). The van der Waals surface area contributed by atoms with Crippen LogP contribution < -0.4 is 14.2 Å². The first kappa shape index (κ1) is 17.5. The SMILES string of the molecule is COc1cc(C2OC(c3cccnc3)=NN2C(C)=O)cc(OC)c1OC. The molecule has 1 aromatic heterocycles. The lowest BCUT2D eigenvalue weighted by Gasteiger charge is -2.21. The fraction of sp³-hybridized carbons (Fsp3) is 0.278. The summed E-state index contributed by atoms with van der Waals surface area (Å²) in [5.41, 5.74) is 1.31. The quantitative estimate of drug-likeness (QED) is 0.817. The van der Waals surface area contributed by atoms with Crippen molar-refractivity contribution in [3.05, 3.63) is 47.8 Å². The molecule has 0 aliphatic carbocycles. The number of methoxy groups -OCH3 is 3. The number of pyridine rings is 1. The maximum atomic E-state index is 12.1. The van der Waals surface area contributed by atoms with Gasteiger partial charge in [0.2, 0.25) is 23.8 Å². The normalized spacial score (nSPS) is 15.9. The summed E-state index contributed by atoms with van der Waals surface area (Å²) in [6, 6.07) is 7.03. The van der Waals surface area contributed by atoms with Crippen molar-refractivity contribution in [2.45, 2.75) is 13.2 Å². The molecule has 0 bridgehead atoms. The van der Waals surface area contributed by atoms with E-state index in [1.54, 1.807) is 30.6 Å². The van der Waals surface area contributed by atoms with Gasteiger partial charge < -0.3 is 18.9 Å². The first-order chi connectivity index (χ1) is 12.6. The third kappa shape index (κ3) is 3.13. The molecule has 0 spiro atoms. The van der Waals surface area contributed by atoms with Crippen molar-refractivity contribution in [3.63, 3.8) is 0 Å². The molecule has 2 aromatic rings. The summed E-state index contributed by atoms with van der Waals surface area (Å²) in [5, 5.41) is 5.56. The monoisotopic (exact) mass is 357 g/mol. The van der Waals surface area contributed by atoms with Gasteiger partial charge in [0.15, 0.2) is 11.5 Å². The zero-order valence-electron chi connectivity index (χ0n) is 14.9. The van der Waals surface area contributed by atoms with E-state index in [4.69, 9.17) is 18.9 Å². The van der Waals surface area contributed by atoms with Crippen LogP contribution in [0.1, 0.15) is 24.3 Å². The van der Waals surface area contributed by atoms with Gasteiger partial charge in [-0.05, 0) is 24.3 Å². The van der Waals surface area contributed by atoms with Crippen molar-refractivity contribution < 1.29 is 23.7 Å². The van der Waals surface area contributed by atoms with E-state index < -0.39 is 6.23 Å². The highest BCUT2D eigenvalue weighted by atomic mass is 16.5. The summed E-state index contributed by atoms with van der Waals surface area (Å²) in [6.07, 6.45) is 2.52. The highest BCUT2D eigenvalue weighted by Gasteiger charge is 2.34. The Morgan fingerprint density at radius 1 is 1.15 bits per heavy atom. The Balaban J connectivity index is 2.02. The molecule has 1 amide bonds. The summed E-state index contributed by atoms with van der Waals surface area (Å²) < 4.78 is 22.0. The second-order valence-electron chi connectivity index (χ2n) is 5.44. The molecule has 0 N–H and O–H groups in total. The van der Waals surface area contributed by atoms with Crippen LogP contribution in [0.4, 0.5) is 0 Å². The van der Waals surface area contributed by atoms with Crippen molar-refractivity contribution in [2.75, 3.05) is 21.3 Å². The van der Waals surface area contributed by atoms with E-state index in [9.17, 15) is 4.79 Å². The number of hydrazone groups is 1. The van der Waals surface area contributed by atoms with E-state index >= 15 is 0 Å². The Labute approximate surface area is 150 Å². The summed E-state index contributed by atoms with van der Waals surface area (Å²) in [6.45, 7) is 1.42. The molecular weight excluding hydrogens is 338 g/mol. The molecular formula is C18H19N3O5. The first-order valence-corrected chi connectivity index (χ1v) is 7.84. The van der Waals surface area contributed by atoms with Crippen molar-refractivity contribution in [1.29, 1.82) is 0 Å². The van der Waals surface area contributed by atoms with Crippen molar-refractivity contribution in [1.82, 2.24) is 9.99 Å². The number of benzene rings is 1. The smallest absolute Gasteiger partial charge is 0.243 e. The number of hydrogen-bond donors (Lipinski definition) is 0. The van der Waals surface area contributed by atoms with E-state index in [0.29, 0.717) is 34.3 Å². The molecule has 2 heterocycles. The highest BCUT2D eigenvalue weighted by Crippen LogP contribution is 2.42. The highest BCUT2D eigenvalue weighted by molar-refractivity contribution is 5.96. The summed E-state index contributed by atoms with van der Waals surface area (Å²) in [5.74, 6) is 1.43. The average molecular weight is 357 g/mol. The number of ether oxygens (including phenoxy) is 4. The molecule has 8 nitrogen and oxygen atoms in total. The molecule has 0 saturated heterocycles. The van der Waals surface area contributed by atoms with E-state index in [-0.39, 0.29) is 5.91 Å². The number of rotatable bonds is 5.